The molecule has 0 amide bonds. The van der Waals surface area contributed by atoms with Crippen molar-refractivity contribution >= 4 is 34.7 Å². The van der Waals surface area contributed by atoms with Gasteiger partial charge in [-0.25, -0.2) is 9.48 Å². The molecule has 0 saturated carbocycles. The quantitative estimate of drug-likeness (QED) is 0.297. The number of carbonyl (C=O) groups is 2. The van der Waals surface area contributed by atoms with Gasteiger partial charge in [0.15, 0.2) is 0 Å². The lowest BCUT2D eigenvalue weighted by Crippen LogP contribution is -2.29. The molecule has 180 valence electrons. The number of ether oxygens (including phenoxy) is 2. The molecule has 34 heavy (non-hydrogen) atoms. The third-order valence-electron chi connectivity index (χ3n) is 4.91. The Bertz CT molecular complexity index is 1150. The Morgan fingerprint density at radius 2 is 1.97 bits per heavy atom. The van der Waals surface area contributed by atoms with E-state index in [-0.39, 0.29) is 23.8 Å². The summed E-state index contributed by atoms with van der Waals surface area (Å²) in [4.78, 5) is 42.6. The molecule has 0 atom stereocenters. The molecule has 0 aliphatic carbocycles. The topological polar surface area (TPSA) is 112 Å². The normalized spacial score (nSPS) is 10.6. The summed E-state index contributed by atoms with van der Waals surface area (Å²) in [5, 5.41) is 9.39. The fourth-order valence-electron chi connectivity index (χ4n) is 3.28. The predicted octanol–water partition coefficient (Wildman–Crippen LogP) is 4.41. The Hall–Kier alpha value is -3.53. The van der Waals surface area contributed by atoms with E-state index in [2.05, 4.69) is 15.4 Å². The summed E-state index contributed by atoms with van der Waals surface area (Å²) in [7, 11) is 0. The molecule has 3 rings (SSSR count). The van der Waals surface area contributed by atoms with E-state index in [1.807, 2.05) is 24.4 Å². The molecular formula is C24H28N4O5S. The molecule has 10 heteroatoms. The van der Waals surface area contributed by atoms with Crippen molar-refractivity contribution in [3.05, 3.63) is 58.0 Å². The molecule has 0 bridgehead atoms. The molecule has 0 fully saturated rings. The molecule has 0 aliphatic rings. The highest BCUT2D eigenvalue weighted by Crippen LogP contribution is 2.30. The summed E-state index contributed by atoms with van der Waals surface area (Å²) in [6, 6.07) is 7.19. The first-order valence-electron chi connectivity index (χ1n) is 11.2. The van der Waals surface area contributed by atoms with Crippen molar-refractivity contribution in [1.29, 1.82) is 0 Å². The Labute approximate surface area is 201 Å². The Kier molecular flexibility index (Phi) is 9.33. The summed E-state index contributed by atoms with van der Waals surface area (Å²) in [5.41, 5.74) is 0.717. The molecule has 3 heterocycles. The maximum Gasteiger partial charge on any atom is 0.342 e. The number of carbonyl (C=O) groups excluding carboxylic acids is 2. The fourth-order valence-corrected chi connectivity index (χ4v) is 4.00. The molecule has 0 unspecified atom stereocenters. The molecule has 0 saturated heterocycles. The van der Waals surface area contributed by atoms with Crippen LogP contribution in [0.5, 0.6) is 0 Å². The number of unbranched alkanes of at least 4 members (excludes halogenated alkanes) is 2. The smallest absolute Gasteiger partial charge is 0.342 e. The van der Waals surface area contributed by atoms with E-state index in [1.165, 1.54) is 16.0 Å². The monoisotopic (exact) mass is 484 g/mol. The number of thiophene rings is 1. The highest BCUT2D eigenvalue weighted by atomic mass is 32.1. The lowest BCUT2D eigenvalue weighted by molar-refractivity contribution is -0.143. The minimum absolute atomic E-state index is 0.0903. The van der Waals surface area contributed by atoms with Gasteiger partial charge >= 0.3 is 11.9 Å². The molecule has 3 aromatic heterocycles. The second-order valence-corrected chi connectivity index (χ2v) is 8.26. The number of rotatable bonds is 12. The van der Waals surface area contributed by atoms with Gasteiger partial charge in [-0.1, -0.05) is 6.07 Å². The summed E-state index contributed by atoms with van der Waals surface area (Å²) in [6.07, 6.45) is 5.47. The zero-order chi connectivity index (χ0) is 24.3. The first-order chi connectivity index (χ1) is 16.5. The van der Waals surface area contributed by atoms with Gasteiger partial charge in [0, 0.05) is 19.2 Å². The summed E-state index contributed by atoms with van der Waals surface area (Å²) in [6.45, 7) is 4.45. The average Bonchev–Trinajstić information content (AvgIpc) is 3.38. The van der Waals surface area contributed by atoms with Gasteiger partial charge in [0.05, 0.1) is 30.0 Å². The maximum absolute atomic E-state index is 13.2. The van der Waals surface area contributed by atoms with Crippen LogP contribution in [0.1, 0.15) is 49.9 Å². The van der Waals surface area contributed by atoms with E-state index in [4.69, 9.17) is 9.47 Å². The van der Waals surface area contributed by atoms with Crippen LogP contribution in [-0.2, 0) is 20.8 Å². The first-order valence-corrected chi connectivity index (χ1v) is 12.1. The van der Waals surface area contributed by atoms with Crippen LogP contribution in [0.2, 0.25) is 0 Å². The number of hydrogen-bond donors (Lipinski definition) is 1. The average molecular weight is 485 g/mol. The standard InChI is InChI=1S/C24H28N4O5S/c1-3-28-23(30)22(26-17-10-8-13-25-16-17)20(21(27-28)18-11-9-15-34-18)24(31)33-14-7-5-6-12-19(29)32-4-2/h8-11,13,15-16,26H,3-7,12,14H2,1-2H3. The van der Waals surface area contributed by atoms with Crippen LogP contribution in [0.4, 0.5) is 11.4 Å². The molecule has 0 aromatic carbocycles. The maximum atomic E-state index is 13.2. The Morgan fingerprint density at radius 3 is 2.65 bits per heavy atom. The van der Waals surface area contributed by atoms with E-state index in [1.54, 1.807) is 31.5 Å². The van der Waals surface area contributed by atoms with Gasteiger partial charge in [0.25, 0.3) is 5.56 Å². The minimum Gasteiger partial charge on any atom is -0.466 e. The van der Waals surface area contributed by atoms with Crippen LogP contribution in [0.3, 0.4) is 0 Å². The SMILES string of the molecule is CCOC(=O)CCCCCOC(=O)c1c(-c2cccs2)nn(CC)c(=O)c1Nc1cccnc1. The third-order valence-corrected chi connectivity index (χ3v) is 5.79. The van der Waals surface area contributed by atoms with Gasteiger partial charge in [-0.05, 0) is 56.7 Å². The van der Waals surface area contributed by atoms with Crippen LogP contribution in [-0.4, -0.2) is 39.9 Å². The van der Waals surface area contributed by atoms with Crippen molar-refractivity contribution < 1.29 is 19.1 Å². The van der Waals surface area contributed by atoms with Crippen LogP contribution in [0.25, 0.3) is 10.6 Å². The lowest BCUT2D eigenvalue weighted by atomic mass is 10.1. The van der Waals surface area contributed by atoms with E-state index in [0.29, 0.717) is 50.2 Å². The Balaban J connectivity index is 1.83. The summed E-state index contributed by atoms with van der Waals surface area (Å²) < 4.78 is 11.8. The zero-order valence-electron chi connectivity index (χ0n) is 19.3. The van der Waals surface area contributed by atoms with E-state index in [0.717, 1.165) is 4.88 Å². The summed E-state index contributed by atoms with van der Waals surface area (Å²) in [5.74, 6) is -0.859. The van der Waals surface area contributed by atoms with E-state index < -0.39 is 11.5 Å². The van der Waals surface area contributed by atoms with Crippen LogP contribution in [0.15, 0.2) is 46.8 Å². The van der Waals surface area contributed by atoms with Gasteiger partial charge in [-0.3, -0.25) is 14.6 Å². The van der Waals surface area contributed by atoms with Gasteiger partial charge in [-0.2, -0.15) is 5.10 Å². The number of hydrogen-bond acceptors (Lipinski definition) is 9. The molecule has 9 nitrogen and oxygen atoms in total. The Morgan fingerprint density at radius 1 is 1.12 bits per heavy atom. The van der Waals surface area contributed by atoms with Gasteiger partial charge in [0.2, 0.25) is 0 Å². The van der Waals surface area contributed by atoms with Crippen LogP contribution in [0, 0.1) is 0 Å². The van der Waals surface area contributed by atoms with E-state index in [9.17, 15) is 14.4 Å². The molecule has 0 aliphatic heterocycles. The highest BCUT2D eigenvalue weighted by molar-refractivity contribution is 7.13. The van der Waals surface area contributed by atoms with Crippen molar-refractivity contribution in [2.75, 3.05) is 18.5 Å². The number of pyridine rings is 1. The van der Waals surface area contributed by atoms with Gasteiger partial charge in [0.1, 0.15) is 16.9 Å². The second-order valence-electron chi connectivity index (χ2n) is 7.32. The van der Waals surface area contributed by atoms with Crippen LogP contribution >= 0.6 is 11.3 Å². The van der Waals surface area contributed by atoms with E-state index >= 15 is 0 Å². The number of aryl methyl sites for hydroxylation is 1. The van der Waals surface area contributed by atoms with Gasteiger partial charge < -0.3 is 14.8 Å². The number of nitrogens with zero attached hydrogens (tertiary/aromatic N) is 3. The largest absolute Gasteiger partial charge is 0.466 e. The van der Waals surface area contributed by atoms with Crippen molar-refractivity contribution in [1.82, 2.24) is 14.8 Å². The highest BCUT2D eigenvalue weighted by Gasteiger charge is 2.26. The van der Waals surface area contributed by atoms with Crippen molar-refractivity contribution in [3.8, 4) is 10.6 Å². The lowest BCUT2D eigenvalue weighted by Gasteiger charge is -2.16. The zero-order valence-corrected chi connectivity index (χ0v) is 20.1. The molecular weight excluding hydrogens is 456 g/mol. The molecule has 0 radical (unpaired) electrons. The summed E-state index contributed by atoms with van der Waals surface area (Å²) >= 11 is 1.42. The van der Waals surface area contributed by atoms with Gasteiger partial charge in [-0.15, -0.1) is 11.3 Å². The molecule has 3 aromatic rings. The molecule has 1 N–H and O–H groups in total. The number of esters is 2. The molecule has 0 spiro atoms. The van der Waals surface area contributed by atoms with Crippen LogP contribution < -0.4 is 10.9 Å². The fraction of sp³-hybridized carbons (Fsp3) is 0.375. The third kappa shape index (κ3) is 6.50. The van der Waals surface area contributed by atoms with Crippen molar-refractivity contribution in [3.63, 3.8) is 0 Å². The van der Waals surface area contributed by atoms with Crippen molar-refractivity contribution in [2.24, 2.45) is 0 Å². The number of nitrogens with one attached hydrogen (secondary N) is 1. The number of anilines is 2. The van der Waals surface area contributed by atoms with Crippen molar-refractivity contribution in [2.45, 2.75) is 46.1 Å². The predicted molar refractivity (Wildman–Crippen MR) is 130 cm³/mol. The number of aromatic nitrogens is 3. The first kappa shape index (κ1) is 25.1. The minimum atomic E-state index is -0.631. The second kappa shape index (κ2) is 12.6.